The van der Waals surface area contributed by atoms with Crippen LogP contribution in [0.2, 0.25) is 0 Å². The highest BCUT2D eigenvalue weighted by molar-refractivity contribution is 7.99. The maximum absolute atomic E-state index is 8.81. The summed E-state index contributed by atoms with van der Waals surface area (Å²) in [6.07, 6.45) is 0. The zero-order valence-electron chi connectivity index (χ0n) is 16.3. The van der Waals surface area contributed by atoms with Crippen LogP contribution in [0, 0.1) is 6.92 Å². The molecular weight excluding hydrogens is 370 g/mol. The molecule has 5 nitrogen and oxygen atoms in total. The average molecular weight is 398 g/mol. The number of rotatable bonds is 5. The van der Waals surface area contributed by atoms with Gasteiger partial charge in [0.25, 0.3) is 0 Å². The number of benzene rings is 2. The van der Waals surface area contributed by atoms with Gasteiger partial charge in [-0.2, -0.15) is 0 Å². The number of fused-ring (bicyclic) bond motifs is 2. The average Bonchev–Trinajstić information content (AvgIpc) is 2.88. The molecule has 28 heavy (non-hydrogen) atoms. The summed E-state index contributed by atoms with van der Waals surface area (Å²) in [5, 5.41) is 8.81. The van der Waals surface area contributed by atoms with Gasteiger partial charge in [0.2, 0.25) is 0 Å². The summed E-state index contributed by atoms with van der Waals surface area (Å²) < 4.78 is 5.41. The molecule has 2 aromatic carbocycles. The maximum atomic E-state index is 8.81. The number of aliphatic imine (C=N–C) groups is 1. The van der Waals surface area contributed by atoms with Crippen molar-refractivity contribution in [3.05, 3.63) is 53.6 Å². The van der Waals surface area contributed by atoms with E-state index in [1.807, 2.05) is 11.8 Å². The second-order valence-electron chi connectivity index (χ2n) is 7.17. The lowest BCUT2D eigenvalue weighted by atomic mass is 10.1. The van der Waals surface area contributed by atoms with Gasteiger partial charge in [-0.25, -0.2) is 4.99 Å². The lowest BCUT2D eigenvalue weighted by Crippen LogP contribution is -2.49. The molecule has 0 radical (unpaired) electrons. The third-order valence-electron chi connectivity index (χ3n) is 5.15. The Morgan fingerprint density at radius 3 is 2.68 bits per heavy atom. The van der Waals surface area contributed by atoms with Crippen LogP contribution >= 0.6 is 11.8 Å². The molecule has 2 aliphatic heterocycles. The van der Waals surface area contributed by atoms with E-state index in [-0.39, 0.29) is 6.61 Å². The Morgan fingerprint density at radius 1 is 1.04 bits per heavy atom. The molecule has 0 atom stereocenters. The van der Waals surface area contributed by atoms with E-state index in [9.17, 15) is 0 Å². The molecule has 1 fully saturated rings. The normalized spacial score (nSPS) is 16.9. The summed E-state index contributed by atoms with van der Waals surface area (Å²) in [4.78, 5) is 12.4. The van der Waals surface area contributed by atoms with E-state index >= 15 is 0 Å². The van der Waals surface area contributed by atoms with E-state index in [0.29, 0.717) is 13.2 Å². The number of hydrogen-bond acceptors (Lipinski definition) is 6. The van der Waals surface area contributed by atoms with Gasteiger partial charge < -0.3 is 14.7 Å². The van der Waals surface area contributed by atoms with Crippen LogP contribution in [0.3, 0.4) is 0 Å². The van der Waals surface area contributed by atoms with Crippen LogP contribution in [0.4, 0.5) is 5.69 Å². The molecular formula is C22H27N3O2S. The fourth-order valence-electron chi connectivity index (χ4n) is 3.62. The zero-order valence-corrected chi connectivity index (χ0v) is 17.1. The summed E-state index contributed by atoms with van der Waals surface area (Å²) in [6.45, 7) is 8.15. The molecule has 0 saturated carbocycles. The predicted molar refractivity (Wildman–Crippen MR) is 114 cm³/mol. The third kappa shape index (κ3) is 4.41. The van der Waals surface area contributed by atoms with Gasteiger partial charge in [0.15, 0.2) is 0 Å². The van der Waals surface area contributed by atoms with Crippen LogP contribution in [0.15, 0.2) is 57.2 Å². The molecule has 0 aromatic heterocycles. The largest absolute Gasteiger partial charge is 0.394 e. The number of hydrogen-bond donors (Lipinski definition) is 1. The summed E-state index contributed by atoms with van der Waals surface area (Å²) >= 11 is 1.81. The van der Waals surface area contributed by atoms with Crippen molar-refractivity contribution in [2.24, 2.45) is 4.99 Å². The number of nitrogens with zero attached hydrogens (tertiary/aromatic N) is 3. The van der Waals surface area contributed by atoms with Gasteiger partial charge in [0.05, 0.1) is 25.5 Å². The Hall–Kier alpha value is -1.86. The zero-order chi connectivity index (χ0) is 19.3. The van der Waals surface area contributed by atoms with Crippen LogP contribution in [0.1, 0.15) is 11.1 Å². The smallest absolute Gasteiger partial charge is 0.137 e. The first-order valence-corrected chi connectivity index (χ1v) is 10.7. The molecule has 4 rings (SSSR count). The molecule has 0 unspecified atom stereocenters. The Bertz CT molecular complexity index is 847. The quantitative estimate of drug-likeness (QED) is 0.786. The van der Waals surface area contributed by atoms with Gasteiger partial charge in [0.1, 0.15) is 5.84 Å². The molecule has 2 heterocycles. The van der Waals surface area contributed by atoms with Crippen LogP contribution in [0.25, 0.3) is 0 Å². The van der Waals surface area contributed by atoms with Crippen molar-refractivity contribution in [1.82, 2.24) is 9.80 Å². The minimum Gasteiger partial charge on any atom is -0.394 e. The molecule has 2 aromatic rings. The molecule has 0 bridgehead atoms. The standard InChI is InChI=1S/C22H27N3O2S/c1-17-6-7-20-18(16-17)22(23-19-4-2-3-5-21(19)28-20)25-10-8-24(9-11-25)12-14-27-15-13-26/h2-7,16,26H,8-15H2,1H3. The molecule has 2 aliphatic rings. The predicted octanol–water partition coefficient (Wildman–Crippen LogP) is 3.16. The number of aryl methyl sites for hydroxylation is 1. The lowest BCUT2D eigenvalue weighted by molar-refractivity contribution is 0.0652. The van der Waals surface area contributed by atoms with Gasteiger partial charge in [-0.3, -0.25) is 4.90 Å². The van der Waals surface area contributed by atoms with Crippen molar-refractivity contribution >= 4 is 23.3 Å². The van der Waals surface area contributed by atoms with Crippen molar-refractivity contribution in [2.75, 3.05) is 52.5 Å². The highest BCUT2D eigenvalue weighted by Crippen LogP contribution is 2.40. The minimum absolute atomic E-state index is 0.0892. The summed E-state index contributed by atoms with van der Waals surface area (Å²) in [6, 6.07) is 15.1. The van der Waals surface area contributed by atoms with Gasteiger partial charge in [0, 0.05) is 48.1 Å². The SMILES string of the molecule is Cc1ccc2c(c1)C(N1CCN(CCOCCO)CC1)=Nc1ccccc1S2. The fourth-order valence-corrected chi connectivity index (χ4v) is 4.62. The Labute approximate surface area is 171 Å². The van der Waals surface area contributed by atoms with E-state index in [4.69, 9.17) is 14.8 Å². The Balaban J connectivity index is 1.54. The van der Waals surface area contributed by atoms with Crippen molar-refractivity contribution in [3.8, 4) is 0 Å². The van der Waals surface area contributed by atoms with Crippen LogP contribution in [-0.2, 0) is 4.74 Å². The van der Waals surface area contributed by atoms with Crippen molar-refractivity contribution < 1.29 is 9.84 Å². The van der Waals surface area contributed by atoms with E-state index in [1.54, 1.807) is 0 Å². The molecule has 1 saturated heterocycles. The Morgan fingerprint density at radius 2 is 1.86 bits per heavy atom. The van der Waals surface area contributed by atoms with Gasteiger partial charge >= 0.3 is 0 Å². The van der Waals surface area contributed by atoms with E-state index < -0.39 is 0 Å². The topological polar surface area (TPSA) is 48.3 Å². The second kappa shape index (κ2) is 9.09. The van der Waals surface area contributed by atoms with Crippen LogP contribution in [-0.4, -0.2) is 73.3 Å². The Kier molecular flexibility index (Phi) is 6.32. The summed E-state index contributed by atoms with van der Waals surface area (Å²) in [7, 11) is 0. The van der Waals surface area contributed by atoms with Gasteiger partial charge in [-0.15, -0.1) is 0 Å². The first-order chi connectivity index (χ1) is 13.7. The first-order valence-electron chi connectivity index (χ1n) is 9.87. The van der Waals surface area contributed by atoms with Crippen LogP contribution in [0.5, 0.6) is 0 Å². The monoisotopic (exact) mass is 397 g/mol. The third-order valence-corrected chi connectivity index (χ3v) is 6.29. The van der Waals surface area contributed by atoms with Gasteiger partial charge in [-0.05, 0) is 31.2 Å². The minimum atomic E-state index is 0.0892. The lowest BCUT2D eigenvalue weighted by Gasteiger charge is -2.36. The second-order valence-corrected chi connectivity index (χ2v) is 8.25. The number of piperazine rings is 1. The number of aliphatic hydroxyl groups is 1. The number of para-hydroxylation sites is 1. The highest BCUT2D eigenvalue weighted by Gasteiger charge is 2.25. The summed E-state index contributed by atoms with van der Waals surface area (Å²) in [5.74, 6) is 1.09. The van der Waals surface area contributed by atoms with Crippen molar-refractivity contribution in [3.63, 3.8) is 0 Å². The molecule has 0 aliphatic carbocycles. The van der Waals surface area contributed by atoms with E-state index in [2.05, 4.69) is 59.2 Å². The molecule has 148 valence electrons. The number of aliphatic hydroxyl groups excluding tert-OH is 1. The van der Waals surface area contributed by atoms with Crippen LogP contribution < -0.4 is 0 Å². The molecule has 6 heteroatoms. The summed E-state index contributed by atoms with van der Waals surface area (Å²) in [5.41, 5.74) is 3.55. The number of amidine groups is 1. The van der Waals surface area contributed by atoms with Gasteiger partial charge in [-0.1, -0.05) is 35.5 Å². The fraction of sp³-hybridized carbons (Fsp3) is 0.409. The maximum Gasteiger partial charge on any atom is 0.137 e. The van der Waals surface area contributed by atoms with E-state index in [0.717, 1.165) is 44.2 Å². The highest BCUT2D eigenvalue weighted by atomic mass is 32.2. The van der Waals surface area contributed by atoms with E-state index in [1.165, 1.54) is 20.9 Å². The molecule has 0 spiro atoms. The van der Waals surface area contributed by atoms with Crippen molar-refractivity contribution in [2.45, 2.75) is 16.7 Å². The molecule has 1 N–H and O–H groups in total. The van der Waals surface area contributed by atoms with Crippen molar-refractivity contribution in [1.29, 1.82) is 0 Å². The number of ether oxygens (including phenoxy) is 1. The molecule has 0 amide bonds. The first kappa shape index (κ1) is 19.5.